The van der Waals surface area contributed by atoms with E-state index < -0.39 is 0 Å². The molecule has 0 fully saturated rings. The molecule has 0 aliphatic carbocycles. The van der Waals surface area contributed by atoms with Gasteiger partial charge in [0, 0.05) is 20.4 Å². The SMILES string of the molecule is CC(C)([S-])C[N-]CC[N-]CC(C)(C)[S-].[O-2].[Re]. The van der Waals surface area contributed by atoms with Crippen molar-refractivity contribution in [1.29, 1.82) is 0 Å². The summed E-state index contributed by atoms with van der Waals surface area (Å²) in [5, 5.41) is 8.66. The van der Waals surface area contributed by atoms with E-state index in [1.807, 2.05) is 27.7 Å². The fourth-order valence-electron chi connectivity index (χ4n) is 0.838. The summed E-state index contributed by atoms with van der Waals surface area (Å²) >= 11 is 10.4. The Bertz CT molecular complexity index is 140. The van der Waals surface area contributed by atoms with Crippen molar-refractivity contribution >= 4 is 25.3 Å². The molecule has 0 amide bonds. The summed E-state index contributed by atoms with van der Waals surface area (Å²) in [6.07, 6.45) is 0. The smallest absolute Gasteiger partial charge is 0 e. The molecule has 0 saturated carbocycles. The van der Waals surface area contributed by atoms with Crippen molar-refractivity contribution in [3.63, 3.8) is 0 Å². The van der Waals surface area contributed by atoms with E-state index >= 15 is 0 Å². The zero-order valence-corrected chi connectivity index (χ0v) is 14.7. The van der Waals surface area contributed by atoms with Crippen molar-refractivity contribution in [2.45, 2.75) is 37.2 Å². The second-order valence-corrected chi connectivity index (χ2v) is 6.94. The van der Waals surface area contributed by atoms with E-state index in [0.29, 0.717) is 0 Å². The summed E-state index contributed by atoms with van der Waals surface area (Å²) in [5.41, 5.74) is 0. The largest absolute Gasteiger partial charge is 2.00 e. The quantitative estimate of drug-likeness (QED) is 0.456. The topological polar surface area (TPSA) is 56.7 Å². The molecule has 0 aromatic carbocycles. The fraction of sp³-hybridized carbons (Fsp3) is 1.00. The third-order valence-corrected chi connectivity index (χ3v) is 1.66. The minimum atomic E-state index is -0.114. The van der Waals surface area contributed by atoms with Gasteiger partial charge in [-0.1, -0.05) is 27.7 Å². The average molecular weight is 435 g/mol. The van der Waals surface area contributed by atoms with Gasteiger partial charge in [-0.05, 0) is 0 Å². The monoisotopic (exact) mass is 435 g/mol. The molecule has 6 heteroatoms. The molecule has 0 aliphatic rings. The van der Waals surface area contributed by atoms with Crippen LogP contribution in [0.5, 0.6) is 0 Å². The van der Waals surface area contributed by atoms with Crippen molar-refractivity contribution in [3.8, 4) is 0 Å². The molecule has 16 heavy (non-hydrogen) atoms. The first-order valence-corrected chi connectivity index (χ1v) is 5.70. The first-order valence-electron chi connectivity index (χ1n) is 4.88. The van der Waals surface area contributed by atoms with Crippen LogP contribution in [0.15, 0.2) is 0 Å². The summed E-state index contributed by atoms with van der Waals surface area (Å²) in [4.78, 5) is 0. The molecule has 0 heterocycles. The summed E-state index contributed by atoms with van der Waals surface area (Å²) in [6, 6.07) is 0. The van der Waals surface area contributed by atoms with Crippen LogP contribution in [0.1, 0.15) is 27.7 Å². The Kier molecular flexibility index (Phi) is 14.3. The number of hydrogen-bond donors (Lipinski definition) is 0. The van der Waals surface area contributed by atoms with Crippen molar-refractivity contribution in [3.05, 3.63) is 10.6 Å². The maximum Gasteiger partial charge on any atom is 0 e. The van der Waals surface area contributed by atoms with Gasteiger partial charge >= 0.3 is 0 Å². The normalized spacial score (nSPS) is 11.6. The van der Waals surface area contributed by atoms with Crippen molar-refractivity contribution in [2.75, 3.05) is 26.2 Å². The third-order valence-electron chi connectivity index (χ3n) is 1.40. The summed E-state index contributed by atoms with van der Waals surface area (Å²) in [6.45, 7) is 11.0. The molecule has 3 nitrogen and oxygen atoms in total. The maximum atomic E-state index is 5.18. The van der Waals surface area contributed by atoms with E-state index in [-0.39, 0.29) is 35.4 Å². The minimum Gasteiger partial charge on any atom is -2.00 e. The van der Waals surface area contributed by atoms with Gasteiger partial charge in [0.1, 0.15) is 0 Å². The Morgan fingerprint density at radius 3 is 1.25 bits per heavy atom. The van der Waals surface area contributed by atoms with Crippen LogP contribution in [0, 0.1) is 0 Å². The standard InChI is InChI=1S/C10H22N2S2.O.Re/c1-9(2,13)7-11-5-6-12-8-10(3,4)14;;/h13-14H,5-8H2,1-4H3;;/q2*-2;/p-2. The van der Waals surface area contributed by atoms with E-state index in [1.165, 1.54) is 0 Å². The van der Waals surface area contributed by atoms with Crippen LogP contribution >= 0.6 is 0 Å². The van der Waals surface area contributed by atoms with Crippen LogP contribution in [-0.4, -0.2) is 35.7 Å². The predicted octanol–water partition coefficient (Wildman–Crippen LogP) is 2.26. The average Bonchev–Trinajstić information content (AvgIpc) is 1.92. The molecule has 1 radical (unpaired) electrons. The van der Waals surface area contributed by atoms with Gasteiger partial charge in [-0.25, -0.2) is 0 Å². The second kappa shape index (κ2) is 10.2. The first kappa shape index (κ1) is 22.4. The molecule has 0 rings (SSSR count). The first-order chi connectivity index (χ1) is 6.21. The van der Waals surface area contributed by atoms with Crippen LogP contribution < -0.4 is 0 Å². The fourth-order valence-corrected chi connectivity index (χ4v) is 1.02. The van der Waals surface area contributed by atoms with E-state index in [0.717, 1.165) is 26.2 Å². The van der Waals surface area contributed by atoms with Gasteiger partial charge < -0.3 is 41.4 Å². The van der Waals surface area contributed by atoms with E-state index in [1.54, 1.807) is 0 Å². The van der Waals surface area contributed by atoms with E-state index in [4.69, 9.17) is 25.3 Å². The van der Waals surface area contributed by atoms with Gasteiger partial charge in [0.15, 0.2) is 0 Å². The molecule has 0 atom stereocenters. The molecular weight excluding hydrogens is 414 g/mol. The molecule has 0 unspecified atom stereocenters. The molecule has 0 N–H and O–H groups in total. The number of hydrogen-bond acceptors (Lipinski definition) is 2. The molecule has 101 valence electrons. The summed E-state index contributed by atoms with van der Waals surface area (Å²) in [7, 11) is 0. The summed E-state index contributed by atoms with van der Waals surface area (Å²) < 4.78 is -0.228. The molecule has 0 aromatic heterocycles. The van der Waals surface area contributed by atoms with Crippen LogP contribution in [-0.2, 0) is 51.2 Å². The molecule has 0 spiro atoms. The molecule has 0 saturated heterocycles. The zero-order chi connectivity index (χ0) is 11.2. The zero-order valence-electron chi connectivity index (χ0n) is 10.3. The van der Waals surface area contributed by atoms with Crippen LogP contribution in [0.3, 0.4) is 0 Å². The van der Waals surface area contributed by atoms with Crippen LogP contribution in [0.2, 0.25) is 0 Å². The third kappa shape index (κ3) is 20.6. The Balaban J connectivity index is -0.000000845. The molecule has 0 aliphatic heterocycles. The van der Waals surface area contributed by atoms with Gasteiger partial charge in [-0.3, -0.25) is 0 Å². The van der Waals surface area contributed by atoms with Gasteiger partial charge in [-0.15, -0.1) is 0 Å². The predicted molar refractivity (Wildman–Crippen MR) is 69.8 cm³/mol. The van der Waals surface area contributed by atoms with Crippen LogP contribution in [0.25, 0.3) is 10.6 Å². The van der Waals surface area contributed by atoms with E-state index in [2.05, 4.69) is 10.6 Å². The second-order valence-electron chi connectivity index (χ2n) is 4.73. The number of nitrogens with zero attached hydrogens (tertiary/aromatic N) is 2. The Labute approximate surface area is 125 Å². The number of rotatable bonds is 7. The van der Waals surface area contributed by atoms with Gasteiger partial charge in [0.25, 0.3) is 0 Å². The maximum absolute atomic E-state index is 5.18. The summed E-state index contributed by atoms with van der Waals surface area (Å²) in [5.74, 6) is 0. The molecular formula is C10H20N2OReS2-6. The minimum absolute atomic E-state index is 0. The Morgan fingerprint density at radius 1 is 0.812 bits per heavy atom. The van der Waals surface area contributed by atoms with Gasteiger partial charge in [-0.2, -0.15) is 35.7 Å². The molecule has 0 bridgehead atoms. The van der Waals surface area contributed by atoms with Crippen molar-refractivity contribution < 1.29 is 25.9 Å². The Hall–Kier alpha value is 1.24. The molecule has 0 aromatic rings. The van der Waals surface area contributed by atoms with Crippen molar-refractivity contribution in [2.24, 2.45) is 0 Å². The van der Waals surface area contributed by atoms with E-state index in [9.17, 15) is 0 Å². The van der Waals surface area contributed by atoms with Crippen molar-refractivity contribution in [1.82, 2.24) is 0 Å². The van der Waals surface area contributed by atoms with Crippen LogP contribution in [0.4, 0.5) is 0 Å². The van der Waals surface area contributed by atoms with Gasteiger partial charge in [0.05, 0.1) is 0 Å². The Morgan fingerprint density at radius 2 is 1.06 bits per heavy atom. The van der Waals surface area contributed by atoms with Gasteiger partial charge in [0.2, 0.25) is 0 Å².